The topological polar surface area (TPSA) is 21.3 Å². The van der Waals surface area contributed by atoms with Crippen molar-refractivity contribution in [3.05, 3.63) is 28.8 Å². The molecule has 0 aliphatic heterocycles. The third kappa shape index (κ3) is 2.99. The Labute approximate surface area is 115 Å². The summed E-state index contributed by atoms with van der Waals surface area (Å²) in [6, 6.07) is 5.97. The molecule has 1 fully saturated rings. The second-order valence-corrected chi connectivity index (χ2v) is 5.69. The zero-order chi connectivity index (χ0) is 13.0. The van der Waals surface area contributed by atoms with Gasteiger partial charge in [-0.15, -0.1) is 0 Å². The molecule has 0 radical (unpaired) electrons. The van der Waals surface area contributed by atoms with Crippen molar-refractivity contribution in [2.24, 2.45) is 5.41 Å². The molecule has 0 amide bonds. The fourth-order valence-electron chi connectivity index (χ4n) is 2.62. The van der Waals surface area contributed by atoms with Gasteiger partial charge in [0, 0.05) is 13.1 Å². The van der Waals surface area contributed by atoms with Crippen molar-refractivity contribution in [2.75, 3.05) is 13.7 Å². The van der Waals surface area contributed by atoms with E-state index in [9.17, 15) is 0 Å². The third-order valence-electron chi connectivity index (χ3n) is 4.21. The molecule has 0 saturated heterocycles. The van der Waals surface area contributed by atoms with Crippen LogP contribution >= 0.6 is 11.6 Å². The molecule has 0 unspecified atom stereocenters. The molecule has 2 rings (SSSR count). The quantitative estimate of drug-likeness (QED) is 0.841. The first-order valence-corrected chi connectivity index (χ1v) is 7.10. The summed E-state index contributed by atoms with van der Waals surface area (Å²) < 4.78 is 5.15. The van der Waals surface area contributed by atoms with Gasteiger partial charge >= 0.3 is 0 Å². The standard InChI is InChI=1S/C15H22ClNO/c1-3-15(7-4-8-15)11-17-10-12-5-6-14(18-2)13(16)9-12/h5-6,9,17H,3-4,7-8,10-11H2,1-2H3. The van der Waals surface area contributed by atoms with E-state index in [0.29, 0.717) is 10.4 Å². The van der Waals surface area contributed by atoms with Gasteiger partial charge in [0.25, 0.3) is 0 Å². The molecule has 1 aromatic carbocycles. The van der Waals surface area contributed by atoms with E-state index in [1.54, 1.807) is 7.11 Å². The first-order valence-electron chi connectivity index (χ1n) is 6.72. The average Bonchev–Trinajstić information content (AvgIpc) is 2.33. The lowest BCUT2D eigenvalue weighted by molar-refractivity contribution is 0.124. The Hall–Kier alpha value is -0.730. The Balaban J connectivity index is 1.85. The zero-order valence-corrected chi connectivity index (χ0v) is 12.0. The fraction of sp³-hybridized carbons (Fsp3) is 0.600. The van der Waals surface area contributed by atoms with E-state index < -0.39 is 0 Å². The van der Waals surface area contributed by atoms with Crippen molar-refractivity contribution in [1.82, 2.24) is 5.32 Å². The largest absolute Gasteiger partial charge is 0.495 e. The maximum atomic E-state index is 6.11. The van der Waals surface area contributed by atoms with E-state index in [4.69, 9.17) is 16.3 Å². The van der Waals surface area contributed by atoms with Crippen molar-refractivity contribution < 1.29 is 4.74 Å². The molecule has 0 atom stereocenters. The van der Waals surface area contributed by atoms with Crippen LogP contribution in [0.3, 0.4) is 0 Å². The Morgan fingerprint density at radius 2 is 2.17 bits per heavy atom. The number of nitrogens with one attached hydrogen (secondary N) is 1. The van der Waals surface area contributed by atoms with Crippen LogP contribution in [0.4, 0.5) is 0 Å². The van der Waals surface area contributed by atoms with Crippen LogP contribution in [-0.2, 0) is 6.54 Å². The smallest absolute Gasteiger partial charge is 0.137 e. The second-order valence-electron chi connectivity index (χ2n) is 5.28. The summed E-state index contributed by atoms with van der Waals surface area (Å²) in [7, 11) is 1.64. The lowest BCUT2D eigenvalue weighted by Crippen LogP contribution is -2.39. The number of rotatable bonds is 6. The van der Waals surface area contributed by atoms with Crippen LogP contribution in [0.25, 0.3) is 0 Å². The third-order valence-corrected chi connectivity index (χ3v) is 4.50. The lowest BCUT2D eigenvalue weighted by Gasteiger charge is -2.41. The minimum atomic E-state index is 0.566. The van der Waals surface area contributed by atoms with E-state index in [-0.39, 0.29) is 0 Å². The molecular formula is C15H22ClNO. The van der Waals surface area contributed by atoms with Crippen LogP contribution < -0.4 is 10.1 Å². The van der Waals surface area contributed by atoms with Gasteiger partial charge in [-0.05, 0) is 42.4 Å². The highest BCUT2D eigenvalue weighted by Gasteiger charge is 2.34. The minimum absolute atomic E-state index is 0.566. The molecule has 18 heavy (non-hydrogen) atoms. The molecule has 1 aromatic rings. The van der Waals surface area contributed by atoms with Crippen molar-refractivity contribution in [3.8, 4) is 5.75 Å². The predicted molar refractivity (Wildman–Crippen MR) is 76.3 cm³/mol. The van der Waals surface area contributed by atoms with Crippen molar-refractivity contribution in [2.45, 2.75) is 39.2 Å². The first kappa shape index (κ1) is 13.7. The molecule has 0 bridgehead atoms. The predicted octanol–water partition coefficient (Wildman–Crippen LogP) is 4.02. The highest BCUT2D eigenvalue weighted by Crippen LogP contribution is 2.43. The van der Waals surface area contributed by atoms with Crippen LogP contribution in [0.15, 0.2) is 18.2 Å². The molecule has 1 saturated carbocycles. The van der Waals surface area contributed by atoms with Crippen LogP contribution in [0, 0.1) is 5.41 Å². The van der Waals surface area contributed by atoms with E-state index in [1.807, 2.05) is 12.1 Å². The summed E-state index contributed by atoms with van der Waals surface area (Å²) in [6.07, 6.45) is 5.42. The number of benzene rings is 1. The monoisotopic (exact) mass is 267 g/mol. The molecule has 2 nitrogen and oxygen atoms in total. The Morgan fingerprint density at radius 3 is 2.67 bits per heavy atom. The number of halogens is 1. The molecule has 0 spiro atoms. The van der Waals surface area contributed by atoms with E-state index >= 15 is 0 Å². The van der Waals surface area contributed by atoms with E-state index in [2.05, 4.69) is 18.3 Å². The second kappa shape index (κ2) is 5.94. The summed E-state index contributed by atoms with van der Waals surface area (Å²) in [5, 5.41) is 4.25. The lowest BCUT2D eigenvalue weighted by atomic mass is 9.67. The summed E-state index contributed by atoms with van der Waals surface area (Å²) in [5.74, 6) is 0.740. The average molecular weight is 268 g/mol. The van der Waals surface area contributed by atoms with Gasteiger partial charge in [0.05, 0.1) is 12.1 Å². The normalized spacial score (nSPS) is 17.3. The molecule has 3 heteroatoms. The number of hydrogen-bond donors (Lipinski definition) is 1. The van der Waals surface area contributed by atoms with Crippen molar-refractivity contribution in [1.29, 1.82) is 0 Å². The Bertz CT molecular complexity index is 396. The molecule has 1 N–H and O–H groups in total. The Morgan fingerprint density at radius 1 is 1.39 bits per heavy atom. The summed E-state index contributed by atoms with van der Waals surface area (Å²) in [5.41, 5.74) is 1.78. The molecular weight excluding hydrogens is 246 g/mol. The molecule has 0 heterocycles. The highest BCUT2D eigenvalue weighted by molar-refractivity contribution is 6.32. The van der Waals surface area contributed by atoms with Crippen LogP contribution in [0.5, 0.6) is 5.75 Å². The summed E-state index contributed by atoms with van der Waals surface area (Å²) >= 11 is 6.11. The van der Waals surface area contributed by atoms with E-state index in [0.717, 1.165) is 18.8 Å². The van der Waals surface area contributed by atoms with Gasteiger partial charge in [-0.2, -0.15) is 0 Å². The molecule has 100 valence electrons. The molecule has 1 aliphatic rings. The Kier molecular flexibility index (Phi) is 4.52. The fourth-order valence-corrected chi connectivity index (χ4v) is 2.90. The van der Waals surface area contributed by atoms with Crippen molar-refractivity contribution >= 4 is 11.6 Å². The van der Waals surface area contributed by atoms with Gasteiger partial charge in [0.1, 0.15) is 5.75 Å². The minimum Gasteiger partial charge on any atom is -0.495 e. The molecule has 0 aromatic heterocycles. The van der Waals surface area contributed by atoms with Gasteiger partial charge in [-0.25, -0.2) is 0 Å². The summed E-state index contributed by atoms with van der Waals surface area (Å²) in [6.45, 7) is 4.30. The van der Waals surface area contributed by atoms with Crippen LogP contribution in [-0.4, -0.2) is 13.7 Å². The van der Waals surface area contributed by atoms with Gasteiger partial charge in [-0.1, -0.05) is 31.0 Å². The highest BCUT2D eigenvalue weighted by atomic mass is 35.5. The van der Waals surface area contributed by atoms with Crippen molar-refractivity contribution in [3.63, 3.8) is 0 Å². The van der Waals surface area contributed by atoms with Gasteiger partial charge < -0.3 is 10.1 Å². The maximum Gasteiger partial charge on any atom is 0.137 e. The maximum absolute atomic E-state index is 6.11. The first-order chi connectivity index (χ1) is 8.69. The van der Waals surface area contributed by atoms with E-state index in [1.165, 1.54) is 31.2 Å². The van der Waals surface area contributed by atoms with Gasteiger partial charge in [0.2, 0.25) is 0 Å². The van der Waals surface area contributed by atoms with Gasteiger partial charge in [-0.3, -0.25) is 0 Å². The van der Waals surface area contributed by atoms with Crippen LogP contribution in [0.1, 0.15) is 38.2 Å². The number of hydrogen-bond acceptors (Lipinski definition) is 2. The van der Waals surface area contributed by atoms with Gasteiger partial charge in [0.15, 0.2) is 0 Å². The number of ether oxygens (including phenoxy) is 1. The number of methoxy groups -OCH3 is 1. The zero-order valence-electron chi connectivity index (χ0n) is 11.3. The SMILES string of the molecule is CCC1(CNCc2ccc(OC)c(Cl)c2)CCC1. The molecule has 1 aliphatic carbocycles. The summed E-state index contributed by atoms with van der Waals surface area (Å²) in [4.78, 5) is 0. The van der Waals surface area contributed by atoms with Crippen LogP contribution in [0.2, 0.25) is 5.02 Å².